The summed E-state index contributed by atoms with van der Waals surface area (Å²) in [7, 11) is 0. The van der Waals surface area contributed by atoms with E-state index in [1.54, 1.807) is 12.1 Å². The van der Waals surface area contributed by atoms with Crippen molar-refractivity contribution in [1.82, 2.24) is 4.90 Å². The molecule has 0 radical (unpaired) electrons. The molecule has 1 aliphatic rings. The molecule has 4 heteroatoms. The number of hydrogen-bond acceptors (Lipinski definition) is 3. The number of fused-ring (bicyclic) bond motifs is 1. The van der Waals surface area contributed by atoms with Crippen LogP contribution in [-0.2, 0) is 19.5 Å². The highest BCUT2D eigenvalue weighted by Gasteiger charge is 2.17. The highest BCUT2D eigenvalue weighted by atomic mass is 16.6. The van der Waals surface area contributed by atoms with E-state index in [2.05, 4.69) is 30.9 Å². The molecule has 0 saturated heterocycles. The fourth-order valence-electron chi connectivity index (χ4n) is 3.03. The molecule has 0 atom stereocenters. The van der Waals surface area contributed by atoms with Crippen LogP contribution in [0.2, 0.25) is 0 Å². The largest absolute Gasteiger partial charge is 0.294 e. The lowest BCUT2D eigenvalue weighted by Gasteiger charge is -2.29. The predicted octanol–water partition coefficient (Wildman–Crippen LogP) is 3.77. The van der Waals surface area contributed by atoms with E-state index in [-0.39, 0.29) is 10.6 Å². The number of benzene rings is 2. The molecule has 1 heterocycles. The maximum atomic E-state index is 10.7. The Balaban J connectivity index is 1.72. The summed E-state index contributed by atoms with van der Waals surface area (Å²) in [6.07, 6.45) is 1.07. The van der Waals surface area contributed by atoms with E-state index in [1.165, 1.54) is 22.3 Å². The Morgan fingerprint density at radius 3 is 2.36 bits per heavy atom. The third kappa shape index (κ3) is 3.02. The van der Waals surface area contributed by atoms with Crippen molar-refractivity contribution in [3.63, 3.8) is 0 Å². The Morgan fingerprint density at radius 1 is 1.09 bits per heavy atom. The molecule has 1 aliphatic heterocycles. The molecule has 0 saturated carbocycles. The van der Waals surface area contributed by atoms with Crippen LogP contribution in [0.15, 0.2) is 36.4 Å². The van der Waals surface area contributed by atoms with Gasteiger partial charge in [-0.15, -0.1) is 0 Å². The SMILES string of the molecule is Cc1cc2c(cc1C)CN(Cc1ccc([N+](=O)[O-])cc1)CC2. The lowest BCUT2D eigenvalue weighted by Crippen LogP contribution is -2.30. The van der Waals surface area contributed by atoms with Crippen LogP contribution >= 0.6 is 0 Å². The molecule has 0 bridgehead atoms. The summed E-state index contributed by atoms with van der Waals surface area (Å²) < 4.78 is 0. The minimum atomic E-state index is -0.355. The Kier molecular flexibility index (Phi) is 3.94. The van der Waals surface area contributed by atoms with Gasteiger partial charge in [0, 0.05) is 31.8 Å². The van der Waals surface area contributed by atoms with Crippen LogP contribution in [-0.4, -0.2) is 16.4 Å². The first-order valence-electron chi connectivity index (χ1n) is 7.57. The van der Waals surface area contributed by atoms with E-state index in [0.29, 0.717) is 0 Å². The van der Waals surface area contributed by atoms with Gasteiger partial charge in [-0.1, -0.05) is 24.3 Å². The van der Waals surface area contributed by atoms with Crippen molar-refractivity contribution >= 4 is 5.69 Å². The molecule has 0 aliphatic carbocycles. The summed E-state index contributed by atoms with van der Waals surface area (Å²) in [5, 5.41) is 10.7. The zero-order valence-electron chi connectivity index (χ0n) is 13.0. The summed E-state index contributed by atoms with van der Waals surface area (Å²) >= 11 is 0. The van der Waals surface area contributed by atoms with Crippen LogP contribution in [0.3, 0.4) is 0 Å². The molecule has 22 heavy (non-hydrogen) atoms. The van der Waals surface area contributed by atoms with Crippen molar-refractivity contribution < 1.29 is 4.92 Å². The summed E-state index contributed by atoms with van der Waals surface area (Å²) in [4.78, 5) is 12.7. The number of nitro groups is 1. The molecular weight excluding hydrogens is 276 g/mol. The van der Waals surface area contributed by atoms with Gasteiger partial charge in [0.2, 0.25) is 0 Å². The average molecular weight is 296 g/mol. The van der Waals surface area contributed by atoms with Crippen LogP contribution in [0.4, 0.5) is 5.69 Å². The number of rotatable bonds is 3. The highest BCUT2D eigenvalue weighted by Crippen LogP contribution is 2.24. The highest BCUT2D eigenvalue weighted by molar-refractivity contribution is 5.39. The van der Waals surface area contributed by atoms with Crippen molar-refractivity contribution in [2.75, 3.05) is 6.54 Å². The van der Waals surface area contributed by atoms with Crippen LogP contribution in [0.5, 0.6) is 0 Å². The Bertz CT molecular complexity index is 708. The second-order valence-corrected chi connectivity index (χ2v) is 6.09. The predicted molar refractivity (Wildman–Crippen MR) is 86.8 cm³/mol. The number of hydrogen-bond donors (Lipinski definition) is 0. The second kappa shape index (κ2) is 5.89. The van der Waals surface area contributed by atoms with Gasteiger partial charge in [-0.05, 0) is 48.1 Å². The lowest BCUT2D eigenvalue weighted by atomic mass is 9.94. The summed E-state index contributed by atoms with van der Waals surface area (Å²) in [5.41, 5.74) is 6.86. The molecule has 0 N–H and O–H groups in total. The molecule has 0 fully saturated rings. The Labute approximate surface area is 130 Å². The average Bonchev–Trinajstić information content (AvgIpc) is 2.49. The topological polar surface area (TPSA) is 46.4 Å². The van der Waals surface area contributed by atoms with E-state index < -0.39 is 0 Å². The molecule has 0 amide bonds. The normalized spacial score (nSPS) is 14.6. The molecular formula is C18H20N2O2. The smallest absolute Gasteiger partial charge is 0.269 e. The van der Waals surface area contributed by atoms with Crippen LogP contribution in [0.1, 0.15) is 27.8 Å². The molecule has 0 aromatic heterocycles. The standard InChI is InChI=1S/C18H20N2O2/c1-13-9-16-7-8-19(12-17(16)10-14(13)2)11-15-3-5-18(6-4-15)20(21)22/h3-6,9-10H,7-8,11-12H2,1-2H3. The maximum Gasteiger partial charge on any atom is 0.269 e. The van der Waals surface area contributed by atoms with Crippen LogP contribution < -0.4 is 0 Å². The maximum absolute atomic E-state index is 10.7. The zero-order chi connectivity index (χ0) is 15.7. The van der Waals surface area contributed by atoms with Gasteiger partial charge in [0.15, 0.2) is 0 Å². The van der Waals surface area contributed by atoms with Crippen molar-refractivity contribution in [3.05, 3.63) is 74.3 Å². The van der Waals surface area contributed by atoms with Crippen LogP contribution in [0, 0.1) is 24.0 Å². The first-order chi connectivity index (χ1) is 10.5. The molecule has 2 aromatic carbocycles. The third-order valence-electron chi connectivity index (χ3n) is 4.46. The fraction of sp³-hybridized carbons (Fsp3) is 0.333. The van der Waals surface area contributed by atoms with Crippen molar-refractivity contribution in [2.45, 2.75) is 33.4 Å². The first kappa shape index (κ1) is 14.7. The molecule has 0 spiro atoms. The summed E-state index contributed by atoms with van der Waals surface area (Å²) in [6, 6.07) is 11.5. The quantitative estimate of drug-likeness (QED) is 0.640. The first-order valence-corrected chi connectivity index (χ1v) is 7.57. The minimum absolute atomic E-state index is 0.152. The number of aryl methyl sites for hydroxylation is 2. The summed E-state index contributed by atoms with van der Waals surface area (Å²) in [5.74, 6) is 0. The number of non-ortho nitro benzene ring substituents is 1. The second-order valence-electron chi connectivity index (χ2n) is 6.09. The molecule has 0 unspecified atom stereocenters. The van der Waals surface area contributed by atoms with Gasteiger partial charge in [0.05, 0.1) is 4.92 Å². The molecule has 3 rings (SSSR count). The number of nitro benzene ring substituents is 1. The molecule has 2 aromatic rings. The lowest BCUT2D eigenvalue weighted by molar-refractivity contribution is -0.384. The zero-order valence-corrected chi connectivity index (χ0v) is 13.0. The van der Waals surface area contributed by atoms with E-state index >= 15 is 0 Å². The third-order valence-corrected chi connectivity index (χ3v) is 4.46. The van der Waals surface area contributed by atoms with Gasteiger partial charge < -0.3 is 0 Å². The minimum Gasteiger partial charge on any atom is -0.294 e. The van der Waals surface area contributed by atoms with Gasteiger partial charge in [-0.25, -0.2) is 0 Å². The van der Waals surface area contributed by atoms with E-state index in [0.717, 1.165) is 31.6 Å². The Hall–Kier alpha value is -2.20. The van der Waals surface area contributed by atoms with Gasteiger partial charge in [0.25, 0.3) is 5.69 Å². The van der Waals surface area contributed by atoms with E-state index in [4.69, 9.17) is 0 Å². The fourth-order valence-corrected chi connectivity index (χ4v) is 3.03. The Morgan fingerprint density at radius 2 is 1.73 bits per heavy atom. The van der Waals surface area contributed by atoms with E-state index in [9.17, 15) is 10.1 Å². The molecule has 4 nitrogen and oxygen atoms in total. The van der Waals surface area contributed by atoms with Gasteiger partial charge in [-0.2, -0.15) is 0 Å². The van der Waals surface area contributed by atoms with Gasteiger partial charge >= 0.3 is 0 Å². The van der Waals surface area contributed by atoms with E-state index in [1.807, 2.05) is 12.1 Å². The van der Waals surface area contributed by atoms with Gasteiger partial charge in [0.1, 0.15) is 0 Å². The van der Waals surface area contributed by atoms with Crippen molar-refractivity contribution in [1.29, 1.82) is 0 Å². The van der Waals surface area contributed by atoms with Crippen molar-refractivity contribution in [2.24, 2.45) is 0 Å². The van der Waals surface area contributed by atoms with Crippen LogP contribution in [0.25, 0.3) is 0 Å². The monoisotopic (exact) mass is 296 g/mol. The number of nitrogens with zero attached hydrogens (tertiary/aromatic N) is 2. The van der Waals surface area contributed by atoms with Crippen molar-refractivity contribution in [3.8, 4) is 0 Å². The summed E-state index contributed by atoms with van der Waals surface area (Å²) in [6.45, 7) is 7.15. The molecule has 114 valence electrons. The van der Waals surface area contributed by atoms with Gasteiger partial charge in [-0.3, -0.25) is 15.0 Å².